The van der Waals surface area contributed by atoms with Gasteiger partial charge in [0.25, 0.3) is 11.8 Å². The fourth-order valence-corrected chi connectivity index (χ4v) is 9.69. The van der Waals surface area contributed by atoms with Crippen LogP contribution in [0, 0.1) is 5.92 Å². The number of allylic oxidation sites excluding steroid dienone is 1. The summed E-state index contributed by atoms with van der Waals surface area (Å²) >= 11 is 1.27. The molecule has 5 aliphatic rings. The van der Waals surface area contributed by atoms with Gasteiger partial charge in [-0.15, -0.1) is 11.3 Å². The minimum atomic E-state index is -3.87. The van der Waals surface area contributed by atoms with Crippen LogP contribution < -0.4 is 15.4 Å². The molecule has 0 spiro atoms. The number of amides is 4. The molecule has 2 saturated carbocycles. The number of fused-ring (bicyclic) bond motifs is 5. The van der Waals surface area contributed by atoms with Gasteiger partial charge >= 0.3 is 0 Å². The van der Waals surface area contributed by atoms with Gasteiger partial charge in [0.1, 0.15) is 29.4 Å². The SMILES string of the molecule is O=C(N[C@H]1CCCCC/C=C\C2CC2(C(=O)NS(=O)(=O)C2CC2)NC(=O)[C@@H]2C[C@@H](ON=C3c4ccccc4-c4ccccc43)CN2C1=O)c1cccs1. The number of nitrogens with one attached hydrogen (secondary N) is 3. The van der Waals surface area contributed by atoms with Crippen molar-refractivity contribution in [2.24, 2.45) is 11.1 Å². The fraction of sp³-hybridized carbons (Fsp3) is 0.410. The Morgan fingerprint density at radius 3 is 2.32 bits per heavy atom. The van der Waals surface area contributed by atoms with E-state index in [-0.39, 0.29) is 25.3 Å². The Bertz CT molecular complexity index is 2060. The lowest BCUT2D eigenvalue weighted by Gasteiger charge is -2.29. The Morgan fingerprint density at radius 1 is 0.925 bits per heavy atom. The molecule has 0 bridgehead atoms. The maximum absolute atomic E-state index is 14.5. The maximum Gasteiger partial charge on any atom is 0.261 e. The molecule has 14 heteroatoms. The predicted molar refractivity (Wildman–Crippen MR) is 199 cm³/mol. The molecule has 1 saturated heterocycles. The number of carbonyl (C=O) groups excluding carboxylic acids is 4. The van der Waals surface area contributed by atoms with E-state index in [1.54, 1.807) is 17.5 Å². The van der Waals surface area contributed by atoms with Crippen LogP contribution in [0.15, 0.2) is 83.4 Å². The van der Waals surface area contributed by atoms with Crippen molar-refractivity contribution in [3.8, 4) is 11.1 Å². The topological polar surface area (TPSA) is 163 Å². The molecule has 3 fully saturated rings. The Kier molecular flexibility index (Phi) is 9.44. The highest BCUT2D eigenvalue weighted by Gasteiger charge is 2.62. The van der Waals surface area contributed by atoms with E-state index in [2.05, 4.69) is 20.5 Å². The second kappa shape index (κ2) is 14.2. The number of hydrogen-bond donors (Lipinski definition) is 3. The summed E-state index contributed by atoms with van der Waals surface area (Å²) in [5.41, 5.74) is 3.06. The summed E-state index contributed by atoms with van der Waals surface area (Å²) < 4.78 is 27.9. The summed E-state index contributed by atoms with van der Waals surface area (Å²) in [6, 6.07) is 17.3. The van der Waals surface area contributed by atoms with Gasteiger partial charge in [-0.3, -0.25) is 23.9 Å². The second-order valence-corrected chi connectivity index (χ2v) is 17.4. The second-order valence-electron chi connectivity index (χ2n) is 14.5. The molecule has 53 heavy (non-hydrogen) atoms. The van der Waals surface area contributed by atoms with Gasteiger partial charge in [0.05, 0.1) is 16.7 Å². The average molecular weight is 756 g/mol. The average Bonchev–Trinajstić information content (AvgIpc) is 3.96. The fourth-order valence-electron chi connectivity index (χ4n) is 7.70. The van der Waals surface area contributed by atoms with Crippen LogP contribution in [0.4, 0.5) is 0 Å². The highest BCUT2D eigenvalue weighted by molar-refractivity contribution is 7.91. The van der Waals surface area contributed by atoms with E-state index >= 15 is 0 Å². The number of thiophene rings is 1. The van der Waals surface area contributed by atoms with Crippen LogP contribution in [-0.4, -0.2) is 78.2 Å². The minimum absolute atomic E-state index is 0.0148. The van der Waals surface area contributed by atoms with Crippen molar-refractivity contribution in [1.82, 2.24) is 20.3 Å². The van der Waals surface area contributed by atoms with Gasteiger partial charge in [-0.05, 0) is 61.1 Å². The van der Waals surface area contributed by atoms with Crippen molar-refractivity contribution in [2.45, 2.75) is 86.8 Å². The van der Waals surface area contributed by atoms with Crippen LogP contribution in [0.25, 0.3) is 11.1 Å². The molecule has 0 radical (unpaired) electrons. The van der Waals surface area contributed by atoms with Crippen molar-refractivity contribution in [3.63, 3.8) is 0 Å². The van der Waals surface area contributed by atoms with Crippen molar-refractivity contribution >= 4 is 50.7 Å². The van der Waals surface area contributed by atoms with E-state index in [1.165, 1.54) is 16.2 Å². The third-order valence-electron chi connectivity index (χ3n) is 10.8. The lowest BCUT2D eigenvalue weighted by molar-refractivity contribution is -0.141. The van der Waals surface area contributed by atoms with Crippen molar-refractivity contribution < 1.29 is 32.4 Å². The molecule has 3 heterocycles. The summed E-state index contributed by atoms with van der Waals surface area (Å²) in [5.74, 6) is -2.57. The number of rotatable bonds is 7. The minimum Gasteiger partial charge on any atom is -0.390 e. The Balaban J connectivity index is 1.10. The molecule has 4 amide bonds. The van der Waals surface area contributed by atoms with E-state index < -0.39 is 62.6 Å². The third kappa shape index (κ3) is 7.01. The number of nitrogens with zero attached hydrogens (tertiary/aromatic N) is 2. The molecular weight excluding hydrogens is 715 g/mol. The first kappa shape index (κ1) is 35.2. The van der Waals surface area contributed by atoms with E-state index in [0.717, 1.165) is 35.1 Å². The molecule has 8 rings (SSSR count). The summed E-state index contributed by atoms with van der Waals surface area (Å²) in [6.07, 6.45) is 7.80. The van der Waals surface area contributed by atoms with Crippen molar-refractivity contribution in [1.29, 1.82) is 0 Å². The number of hydrogen-bond acceptors (Lipinski definition) is 9. The molecule has 5 atom stereocenters. The van der Waals surface area contributed by atoms with Crippen LogP contribution >= 0.6 is 11.3 Å². The molecule has 1 aromatic heterocycles. The first-order valence-electron chi connectivity index (χ1n) is 18.3. The largest absolute Gasteiger partial charge is 0.390 e. The Hall–Kier alpha value is -4.82. The highest BCUT2D eigenvalue weighted by atomic mass is 32.2. The third-order valence-corrected chi connectivity index (χ3v) is 13.5. The first-order valence-corrected chi connectivity index (χ1v) is 20.7. The Morgan fingerprint density at radius 2 is 1.64 bits per heavy atom. The molecule has 12 nitrogen and oxygen atoms in total. The van der Waals surface area contributed by atoms with E-state index in [0.29, 0.717) is 42.7 Å². The molecule has 3 aromatic rings. The Labute approximate surface area is 312 Å². The molecule has 2 aliphatic heterocycles. The molecule has 3 aliphatic carbocycles. The van der Waals surface area contributed by atoms with Crippen molar-refractivity contribution in [3.05, 3.63) is 94.2 Å². The molecule has 2 aromatic carbocycles. The van der Waals surface area contributed by atoms with E-state index in [1.807, 2.05) is 60.7 Å². The zero-order valence-corrected chi connectivity index (χ0v) is 30.7. The van der Waals surface area contributed by atoms with Gasteiger partial charge in [0.15, 0.2) is 0 Å². The van der Waals surface area contributed by atoms with Gasteiger partial charge in [-0.2, -0.15) is 0 Å². The summed E-state index contributed by atoms with van der Waals surface area (Å²) in [6.45, 7) is 0.0148. The maximum atomic E-state index is 14.5. The predicted octanol–water partition coefficient (Wildman–Crippen LogP) is 4.27. The van der Waals surface area contributed by atoms with Crippen LogP contribution in [0.2, 0.25) is 0 Å². The van der Waals surface area contributed by atoms with Gasteiger partial charge < -0.3 is 20.4 Å². The normalized spacial score (nSPS) is 27.5. The summed E-state index contributed by atoms with van der Waals surface area (Å²) in [5, 5.41) is 11.6. The number of benzene rings is 2. The smallest absolute Gasteiger partial charge is 0.261 e. The number of carbonyl (C=O) groups is 4. The van der Waals surface area contributed by atoms with Gasteiger partial charge in [0.2, 0.25) is 21.8 Å². The van der Waals surface area contributed by atoms with E-state index in [4.69, 9.17) is 4.84 Å². The van der Waals surface area contributed by atoms with Crippen LogP contribution in [0.5, 0.6) is 0 Å². The standard InChI is InChI=1S/C39H41N5O7S2/c45-35-32-21-25(51-42-34-29-14-8-6-12-27(29)28-13-7-9-15-30(28)34)23-44(32)37(47)31(40-36(46)33-17-10-20-52-33)16-5-3-1-2-4-11-24-22-39(24,41-35)38(48)43-53(49,50)26-18-19-26/h4,6-15,17,20,24-26,31-32H,1-3,5,16,18-19,21-23H2,(H,40,46)(H,41,45)(H,43,48)/b11-4-/t24?,25-,31+,32+,39?/m1/s1. The lowest BCUT2D eigenvalue weighted by atomic mass is 10.0. The molecule has 2 unspecified atom stereocenters. The van der Waals surface area contributed by atoms with Crippen LogP contribution in [0.3, 0.4) is 0 Å². The lowest BCUT2D eigenvalue weighted by Crippen LogP contribution is -2.58. The number of oxime groups is 1. The molecular formula is C39H41N5O7S2. The first-order chi connectivity index (χ1) is 25.6. The van der Waals surface area contributed by atoms with Gasteiger partial charge in [-0.25, -0.2) is 8.42 Å². The van der Waals surface area contributed by atoms with E-state index in [9.17, 15) is 27.6 Å². The zero-order valence-electron chi connectivity index (χ0n) is 29.0. The van der Waals surface area contributed by atoms with Crippen LogP contribution in [0.1, 0.15) is 78.6 Å². The van der Waals surface area contributed by atoms with Gasteiger partial charge in [-0.1, -0.05) is 84.7 Å². The molecule has 276 valence electrons. The highest BCUT2D eigenvalue weighted by Crippen LogP contribution is 2.46. The zero-order chi connectivity index (χ0) is 36.7. The van der Waals surface area contributed by atoms with Crippen molar-refractivity contribution in [2.75, 3.05) is 6.54 Å². The number of sulfonamides is 1. The summed E-state index contributed by atoms with van der Waals surface area (Å²) in [4.78, 5) is 63.9. The van der Waals surface area contributed by atoms with Gasteiger partial charge in [0, 0.05) is 23.5 Å². The molecule has 3 N–H and O–H groups in total. The monoisotopic (exact) mass is 755 g/mol. The summed E-state index contributed by atoms with van der Waals surface area (Å²) in [7, 11) is -3.87. The van der Waals surface area contributed by atoms with Crippen LogP contribution in [-0.2, 0) is 29.2 Å². The quantitative estimate of drug-likeness (QED) is 0.187.